The van der Waals surface area contributed by atoms with Crippen molar-refractivity contribution in [3.05, 3.63) is 65.7 Å². The highest BCUT2D eigenvalue weighted by Gasteiger charge is 2.25. The molecule has 1 amide bonds. The van der Waals surface area contributed by atoms with Crippen molar-refractivity contribution in [3.63, 3.8) is 0 Å². The van der Waals surface area contributed by atoms with Gasteiger partial charge >= 0.3 is 5.97 Å². The van der Waals surface area contributed by atoms with Crippen LogP contribution in [0.3, 0.4) is 0 Å². The summed E-state index contributed by atoms with van der Waals surface area (Å²) in [7, 11) is -3.56. The lowest BCUT2D eigenvalue weighted by atomic mass is 10.2. The van der Waals surface area contributed by atoms with Gasteiger partial charge in [0.2, 0.25) is 15.9 Å². The summed E-state index contributed by atoms with van der Waals surface area (Å²) in [5.41, 5.74) is 1.09. The maximum absolute atomic E-state index is 12.6. The molecule has 0 unspecified atom stereocenters. The molecule has 152 valence electrons. The number of carboxylic acid groups (broad SMARTS) is 1. The van der Waals surface area contributed by atoms with Gasteiger partial charge in [-0.15, -0.1) is 0 Å². The van der Waals surface area contributed by atoms with Gasteiger partial charge in [-0.1, -0.05) is 18.2 Å². The van der Waals surface area contributed by atoms with E-state index in [1.54, 1.807) is 24.3 Å². The molecule has 1 aliphatic heterocycles. The quantitative estimate of drug-likeness (QED) is 0.697. The van der Waals surface area contributed by atoms with Crippen LogP contribution in [0.4, 0.5) is 5.69 Å². The fraction of sp³-hybridized carbons (Fsp3) is 0.200. The van der Waals surface area contributed by atoms with E-state index >= 15 is 0 Å². The summed E-state index contributed by atoms with van der Waals surface area (Å²) in [5.74, 6) is -1.51. The number of carbonyl (C=O) groups is 2. The summed E-state index contributed by atoms with van der Waals surface area (Å²) in [5, 5.41) is 11.6. The average Bonchev–Trinajstić information content (AvgIpc) is 2.73. The van der Waals surface area contributed by atoms with E-state index in [9.17, 15) is 18.0 Å². The molecule has 29 heavy (non-hydrogen) atoms. The van der Waals surface area contributed by atoms with Crippen molar-refractivity contribution in [1.82, 2.24) is 4.31 Å². The summed E-state index contributed by atoms with van der Waals surface area (Å²) in [6, 6.07) is 12.1. The molecule has 1 aliphatic rings. The molecule has 2 N–H and O–H groups in total. The van der Waals surface area contributed by atoms with E-state index in [1.807, 2.05) is 0 Å². The van der Waals surface area contributed by atoms with Gasteiger partial charge in [0, 0.05) is 24.9 Å². The van der Waals surface area contributed by atoms with Crippen molar-refractivity contribution in [2.45, 2.75) is 4.90 Å². The monoisotopic (exact) mass is 416 g/mol. The minimum atomic E-state index is -3.56. The molecular weight excluding hydrogens is 396 g/mol. The smallest absolute Gasteiger partial charge is 0.335 e. The Morgan fingerprint density at radius 3 is 2.41 bits per heavy atom. The minimum absolute atomic E-state index is 0.0730. The van der Waals surface area contributed by atoms with E-state index < -0.39 is 21.9 Å². The number of morpholine rings is 1. The second-order valence-corrected chi connectivity index (χ2v) is 8.23. The number of ether oxygens (including phenoxy) is 1. The van der Waals surface area contributed by atoms with Gasteiger partial charge in [0.15, 0.2) is 0 Å². The number of sulfonamides is 1. The first kappa shape index (κ1) is 20.7. The zero-order valence-corrected chi connectivity index (χ0v) is 16.3. The Hall–Kier alpha value is -3.01. The molecule has 0 atom stereocenters. The molecule has 0 saturated carbocycles. The number of aromatic carboxylic acids is 1. The summed E-state index contributed by atoms with van der Waals surface area (Å²) < 4.78 is 31.8. The Kier molecular flexibility index (Phi) is 6.42. The predicted octanol–water partition coefficient (Wildman–Crippen LogP) is 2.06. The van der Waals surface area contributed by atoms with Crippen LogP contribution >= 0.6 is 0 Å². The van der Waals surface area contributed by atoms with Gasteiger partial charge in [-0.2, -0.15) is 4.31 Å². The van der Waals surface area contributed by atoms with E-state index in [2.05, 4.69) is 5.32 Å². The molecule has 0 aromatic heterocycles. The van der Waals surface area contributed by atoms with Crippen LogP contribution in [0.5, 0.6) is 0 Å². The number of nitrogens with one attached hydrogen (secondary N) is 1. The number of benzene rings is 2. The summed E-state index contributed by atoms with van der Waals surface area (Å²) >= 11 is 0. The van der Waals surface area contributed by atoms with Crippen LogP contribution < -0.4 is 5.32 Å². The van der Waals surface area contributed by atoms with Gasteiger partial charge in [0.05, 0.1) is 23.7 Å². The lowest BCUT2D eigenvalue weighted by Gasteiger charge is -2.26. The van der Waals surface area contributed by atoms with Crippen molar-refractivity contribution in [2.75, 3.05) is 31.6 Å². The number of carboxylic acids is 1. The molecule has 0 spiro atoms. The Bertz CT molecular complexity index is 1030. The average molecular weight is 416 g/mol. The first-order valence-electron chi connectivity index (χ1n) is 8.87. The maximum atomic E-state index is 12.6. The van der Waals surface area contributed by atoms with E-state index in [-0.39, 0.29) is 10.5 Å². The fourth-order valence-electron chi connectivity index (χ4n) is 2.77. The van der Waals surface area contributed by atoms with Crippen LogP contribution in [-0.4, -0.2) is 56.0 Å². The van der Waals surface area contributed by atoms with Crippen LogP contribution in [0.1, 0.15) is 15.9 Å². The predicted molar refractivity (Wildman–Crippen MR) is 107 cm³/mol. The molecular formula is C20H20N2O6S. The number of amides is 1. The van der Waals surface area contributed by atoms with Crippen molar-refractivity contribution in [3.8, 4) is 0 Å². The van der Waals surface area contributed by atoms with Crippen molar-refractivity contribution in [1.29, 1.82) is 0 Å². The Morgan fingerprint density at radius 2 is 1.76 bits per heavy atom. The third-order valence-electron chi connectivity index (χ3n) is 4.29. The maximum Gasteiger partial charge on any atom is 0.335 e. The zero-order valence-electron chi connectivity index (χ0n) is 15.4. The van der Waals surface area contributed by atoms with E-state index in [1.165, 1.54) is 40.7 Å². The molecule has 0 radical (unpaired) electrons. The summed E-state index contributed by atoms with van der Waals surface area (Å²) in [6.07, 6.45) is 2.83. The zero-order chi connectivity index (χ0) is 20.9. The number of rotatable bonds is 6. The van der Waals surface area contributed by atoms with Crippen molar-refractivity contribution < 1.29 is 27.9 Å². The van der Waals surface area contributed by atoms with Gasteiger partial charge in [-0.25, -0.2) is 13.2 Å². The van der Waals surface area contributed by atoms with Gasteiger partial charge in [0.25, 0.3) is 0 Å². The Balaban J connectivity index is 1.64. The lowest BCUT2D eigenvalue weighted by Crippen LogP contribution is -2.40. The number of nitrogens with zero attached hydrogens (tertiary/aromatic N) is 1. The highest BCUT2D eigenvalue weighted by atomic mass is 32.2. The fourth-order valence-corrected chi connectivity index (χ4v) is 4.18. The molecule has 3 rings (SSSR count). The molecule has 8 nitrogen and oxygen atoms in total. The van der Waals surface area contributed by atoms with Crippen LogP contribution in [0, 0.1) is 0 Å². The number of anilines is 1. The Morgan fingerprint density at radius 1 is 1.07 bits per heavy atom. The number of carbonyl (C=O) groups excluding carboxylic acids is 1. The molecule has 1 saturated heterocycles. The van der Waals surface area contributed by atoms with Crippen LogP contribution in [0.2, 0.25) is 0 Å². The summed E-state index contributed by atoms with van der Waals surface area (Å²) in [6.45, 7) is 1.41. The largest absolute Gasteiger partial charge is 0.478 e. The third kappa shape index (κ3) is 5.29. The molecule has 0 bridgehead atoms. The highest BCUT2D eigenvalue weighted by Crippen LogP contribution is 2.18. The van der Waals surface area contributed by atoms with Gasteiger partial charge in [-0.3, -0.25) is 4.79 Å². The lowest BCUT2D eigenvalue weighted by molar-refractivity contribution is -0.111. The molecule has 9 heteroatoms. The summed E-state index contributed by atoms with van der Waals surface area (Å²) in [4.78, 5) is 23.2. The van der Waals surface area contributed by atoms with Gasteiger partial charge in [0.1, 0.15) is 0 Å². The molecule has 2 aromatic carbocycles. The molecule has 2 aromatic rings. The second-order valence-electron chi connectivity index (χ2n) is 6.29. The first-order chi connectivity index (χ1) is 13.9. The second kappa shape index (κ2) is 8.99. The minimum Gasteiger partial charge on any atom is -0.478 e. The van der Waals surface area contributed by atoms with E-state index in [0.717, 1.165) is 0 Å². The van der Waals surface area contributed by atoms with E-state index in [0.29, 0.717) is 37.6 Å². The standard InChI is InChI=1S/C20H20N2O6S/c23-19(21-17-3-1-2-16(14-17)20(24)25)9-6-15-4-7-18(8-5-15)29(26,27)22-10-12-28-13-11-22/h1-9,14H,10-13H2,(H,21,23)(H,24,25)/b9-6-. The normalized spacial score (nSPS) is 15.3. The highest BCUT2D eigenvalue weighted by molar-refractivity contribution is 7.89. The van der Waals surface area contributed by atoms with Crippen LogP contribution in [-0.2, 0) is 19.6 Å². The molecule has 1 heterocycles. The van der Waals surface area contributed by atoms with Crippen molar-refractivity contribution >= 4 is 33.7 Å². The number of hydrogen-bond donors (Lipinski definition) is 2. The molecule has 1 fully saturated rings. The van der Waals surface area contributed by atoms with Crippen LogP contribution in [0.15, 0.2) is 59.5 Å². The first-order valence-corrected chi connectivity index (χ1v) is 10.3. The molecule has 0 aliphatic carbocycles. The van der Waals surface area contributed by atoms with Gasteiger partial charge in [-0.05, 0) is 42.0 Å². The SMILES string of the molecule is O=C(/C=C\c1ccc(S(=O)(=O)N2CCOCC2)cc1)Nc1cccc(C(=O)O)c1. The Labute approximate surface area is 168 Å². The topological polar surface area (TPSA) is 113 Å². The van der Waals surface area contributed by atoms with Crippen LogP contribution in [0.25, 0.3) is 6.08 Å². The van der Waals surface area contributed by atoms with Gasteiger partial charge < -0.3 is 15.2 Å². The third-order valence-corrected chi connectivity index (χ3v) is 6.21. The van der Waals surface area contributed by atoms with Crippen molar-refractivity contribution in [2.24, 2.45) is 0 Å². The van der Waals surface area contributed by atoms with E-state index in [4.69, 9.17) is 9.84 Å². The number of hydrogen-bond acceptors (Lipinski definition) is 5.